The van der Waals surface area contributed by atoms with Crippen LogP contribution >= 0.6 is 0 Å². The van der Waals surface area contributed by atoms with Gasteiger partial charge in [-0.2, -0.15) is 0 Å². The highest BCUT2D eigenvalue weighted by Crippen LogP contribution is 2.24. The molecule has 2 rings (SSSR count). The highest BCUT2D eigenvalue weighted by atomic mass is 32.2. The molecule has 2 fully saturated rings. The van der Waals surface area contributed by atoms with Crippen LogP contribution in [0.1, 0.15) is 6.42 Å². The van der Waals surface area contributed by atoms with Crippen molar-refractivity contribution in [1.29, 1.82) is 0 Å². The normalized spacial score (nSPS) is 35.8. The van der Waals surface area contributed by atoms with Gasteiger partial charge < -0.3 is 5.32 Å². The lowest BCUT2D eigenvalue weighted by Gasteiger charge is -2.39. The minimum absolute atomic E-state index is 0.153. The Morgan fingerprint density at radius 1 is 1.25 bits per heavy atom. The monoisotopic (exact) mass is 190 g/mol. The van der Waals surface area contributed by atoms with Crippen LogP contribution in [0.15, 0.2) is 0 Å². The largest absolute Gasteiger partial charge is 0.314 e. The summed E-state index contributed by atoms with van der Waals surface area (Å²) in [4.78, 5) is 2.08. The summed E-state index contributed by atoms with van der Waals surface area (Å²) in [5.74, 6) is 0.390. The molecule has 0 amide bonds. The zero-order valence-corrected chi connectivity index (χ0v) is 7.81. The van der Waals surface area contributed by atoms with Gasteiger partial charge >= 0.3 is 0 Å². The molecule has 2 saturated heterocycles. The maximum Gasteiger partial charge on any atom is 0.166 e. The van der Waals surface area contributed by atoms with E-state index in [9.17, 15) is 8.42 Å². The van der Waals surface area contributed by atoms with Gasteiger partial charge in [-0.3, -0.25) is 4.90 Å². The second-order valence-electron chi connectivity index (χ2n) is 3.40. The molecule has 2 heterocycles. The zero-order chi connectivity index (χ0) is 8.60. The molecule has 0 aromatic heterocycles. The van der Waals surface area contributed by atoms with Crippen molar-refractivity contribution in [3.05, 3.63) is 0 Å². The van der Waals surface area contributed by atoms with Crippen LogP contribution in [0.4, 0.5) is 0 Å². The molecule has 0 bridgehead atoms. The van der Waals surface area contributed by atoms with E-state index in [-0.39, 0.29) is 5.37 Å². The Balaban J connectivity index is 2.00. The van der Waals surface area contributed by atoms with Gasteiger partial charge in [-0.25, -0.2) is 8.42 Å². The third kappa shape index (κ3) is 1.36. The Kier molecular flexibility index (Phi) is 2.10. The van der Waals surface area contributed by atoms with E-state index in [0.29, 0.717) is 5.75 Å². The second-order valence-corrected chi connectivity index (χ2v) is 5.67. The first-order valence-electron chi connectivity index (χ1n) is 4.36. The predicted octanol–water partition coefficient (Wildman–Crippen LogP) is -0.964. The third-order valence-corrected chi connectivity index (χ3v) is 4.79. The van der Waals surface area contributed by atoms with Crippen molar-refractivity contribution < 1.29 is 8.42 Å². The highest BCUT2D eigenvalue weighted by molar-refractivity contribution is 7.93. The van der Waals surface area contributed by atoms with Crippen molar-refractivity contribution in [2.45, 2.75) is 11.8 Å². The van der Waals surface area contributed by atoms with Crippen molar-refractivity contribution in [2.24, 2.45) is 0 Å². The number of sulfone groups is 1. The molecule has 5 heteroatoms. The summed E-state index contributed by atoms with van der Waals surface area (Å²) in [6.07, 6.45) is 0.836. The standard InChI is InChI=1S/C7H14N2O2S/c10-12(11)6-1-7(12)9-4-2-8-3-5-9/h7-8H,1-6H2. The first kappa shape index (κ1) is 8.47. The predicted molar refractivity (Wildman–Crippen MR) is 46.6 cm³/mol. The summed E-state index contributed by atoms with van der Waals surface area (Å²) in [6, 6.07) is 0. The van der Waals surface area contributed by atoms with E-state index in [1.54, 1.807) is 0 Å². The van der Waals surface area contributed by atoms with Crippen LogP contribution < -0.4 is 5.32 Å². The molecule has 2 aliphatic rings. The van der Waals surface area contributed by atoms with Gasteiger partial charge in [0.2, 0.25) is 0 Å². The Morgan fingerprint density at radius 3 is 2.33 bits per heavy atom. The second kappa shape index (κ2) is 2.97. The lowest BCUT2D eigenvalue weighted by molar-refractivity contribution is 0.203. The molecule has 0 spiro atoms. The molecular weight excluding hydrogens is 176 g/mol. The molecule has 0 aliphatic carbocycles. The average molecular weight is 190 g/mol. The molecule has 1 N–H and O–H groups in total. The zero-order valence-electron chi connectivity index (χ0n) is 6.99. The molecule has 70 valence electrons. The molecule has 1 unspecified atom stereocenters. The summed E-state index contributed by atoms with van der Waals surface area (Å²) < 4.78 is 22.5. The van der Waals surface area contributed by atoms with Crippen LogP contribution in [0, 0.1) is 0 Å². The summed E-state index contributed by atoms with van der Waals surface area (Å²) >= 11 is 0. The molecule has 12 heavy (non-hydrogen) atoms. The Bertz CT molecular complexity index is 257. The minimum atomic E-state index is -2.72. The van der Waals surface area contributed by atoms with Crippen LogP contribution in [0.2, 0.25) is 0 Å². The summed E-state index contributed by atoms with van der Waals surface area (Å²) in [5.41, 5.74) is 0. The fourth-order valence-electron chi connectivity index (χ4n) is 1.80. The fourth-order valence-corrected chi connectivity index (χ4v) is 3.29. The van der Waals surface area contributed by atoms with Crippen LogP contribution in [0.3, 0.4) is 0 Å². The Morgan fingerprint density at radius 2 is 1.92 bits per heavy atom. The van der Waals surface area contributed by atoms with E-state index in [0.717, 1.165) is 32.6 Å². The number of hydrogen-bond donors (Lipinski definition) is 1. The van der Waals surface area contributed by atoms with Crippen molar-refractivity contribution >= 4 is 9.84 Å². The van der Waals surface area contributed by atoms with Crippen molar-refractivity contribution in [1.82, 2.24) is 10.2 Å². The van der Waals surface area contributed by atoms with E-state index in [1.807, 2.05) is 0 Å². The number of nitrogens with zero attached hydrogens (tertiary/aromatic N) is 1. The maximum absolute atomic E-state index is 11.3. The summed E-state index contributed by atoms with van der Waals surface area (Å²) in [6.45, 7) is 3.60. The average Bonchev–Trinajstić information content (AvgIpc) is 2.05. The number of rotatable bonds is 1. The quantitative estimate of drug-likeness (QED) is 0.578. The van der Waals surface area contributed by atoms with Gasteiger partial charge in [0.05, 0.1) is 5.75 Å². The topological polar surface area (TPSA) is 49.4 Å². The van der Waals surface area contributed by atoms with E-state index in [1.165, 1.54) is 0 Å². The number of nitrogens with one attached hydrogen (secondary N) is 1. The van der Waals surface area contributed by atoms with Gasteiger partial charge in [-0.05, 0) is 6.42 Å². The van der Waals surface area contributed by atoms with Crippen molar-refractivity contribution in [3.8, 4) is 0 Å². The molecular formula is C7H14N2O2S. The Hall–Kier alpha value is -0.130. The van der Waals surface area contributed by atoms with Gasteiger partial charge in [0.25, 0.3) is 0 Å². The maximum atomic E-state index is 11.3. The van der Waals surface area contributed by atoms with Crippen molar-refractivity contribution in [2.75, 3.05) is 31.9 Å². The van der Waals surface area contributed by atoms with Gasteiger partial charge in [-0.1, -0.05) is 0 Å². The van der Waals surface area contributed by atoms with Crippen molar-refractivity contribution in [3.63, 3.8) is 0 Å². The molecule has 2 aliphatic heterocycles. The summed E-state index contributed by atoms with van der Waals surface area (Å²) in [7, 11) is -2.72. The molecule has 0 aromatic rings. The SMILES string of the molecule is O=S1(=O)CCC1N1CCNCC1. The van der Waals surface area contributed by atoms with Gasteiger partial charge in [-0.15, -0.1) is 0 Å². The van der Waals surface area contributed by atoms with Crippen LogP contribution in [0.5, 0.6) is 0 Å². The molecule has 1 atom stereocenters. The molecule has 0 radical (unpaired) electrons. The minimum Gasteiger partial charge on any atom is -0.314 e. The molecule has 0 saturated carbocycles. The molecule has 4 nitrogen and oxygen atoms in total. The van der Waals surface area contributed by atoms with E-state index >= 15 is 0 Å². The number of hydrogen-bond acceptors (Lipinski definition) is 4. The Labute approximate surface area is 72.9 Å². The van der Waals surface area contributed by atoms with E-state index in [2.05, 4.69) is 10.2 Å². The van der Waals surface area contributed by atoms with E-state index < -0.39 is 9.84 Å². The van der Waals surface area contributed by atoms with Crippen LogP contribution in [0.25, 0.3) is 0 Å². The van der Waals surface area contributed by atoms with Gasteiger partial charge in [0, 0.05) is 26.2 Å². The summed E-state index contributed by atoms with van der Waals surface area (Å²) in [5, 5.41) is 3.06. The van der Waals surface area contributed by atoms with Gasteiger partial charge in [0.15, 0.2) is 9.84 Å². The number of piperazine rings is 1. The van der Waals surface area contributed by atoms with Crippen LogP contribution in [-0.2, 0) is 9.84 Å². The fraction of sp³-hybridized carbons (Fsp3) is 1.00. The first-order valence-corrected chi connectivity index (χ1v) is 6.08. The lowest BCUT2D eigenvalue weighted by atomic mass is 10.3. The smallest absolute Gasteiger partial charge is 0.166 e. The van der Waals surface area contributed by atoms with Crippen LogP contribution in [-0.4, -0.2) is 50.6 Å². The molecule has 0 aromatic carbocycles. The first-order chi connectivity index (χ1) is 5.70. The van der Waals surface area contributed by atoms with Gasteiger partial charge in [0.1, 0.15) is 5.37 Å². The highest BCUT2D eigenvalue weighted by Gasteiger charge is 2.40. The lowest BCUT2D eigenvalue weighted by Crippen LogP contribution is -2.56. The van der Waals surface area contributed by atoms with E-state index in [4.69, 9.17) is 0 Å². The third-order valence-electron chi connectivity index (χ3n) is 2.62.